The first-order chi connectivity index (χ1) is 21.7. The number of benzene rings is 3. The lowest BCUT2D eigenvalue weighted by Gasteiger charge is -2.23. The van der Waals surface area contributed by atoms with Crippen molar-refractivity contribution in [1.82, 2.24) is 14.4 Å². The van der Waals surface area contributed by atoms with Gasteiger partial charge in [0.1, 0.15) is 17.2 Å². The number of aromatic nitrogens is 1. The summed E-state index contributed by atoms with van der Waals surface area (Å²) < 4.78 is 63.6. The van der Waals surface area contributed by atoms with Crippen molar-refractivity contribution in [3.8, 4) is 0 Å². The molecule has 0 atom stereocenters. The molecule has 1 amide bonds. The van der Waals surface area contributed by atoms with Crippen LogP contribution < -0.4 is 15.5 Å². The molecule has 15 heteroatoms. The molecule has 0 aliphatic rings. The van der Waals surface area contributed by atoms with E-state index in [0.717, 1.165) is 28.6 Å². The van der Waals surface area contributed by atoms with Crippen molar-refractivity contribution < 1.29 is 40.7 Å². The molecule has 0 bridgehead atoms. The lowest BCUT2D eigenvalue weighted by atomic mass is 10.1. The summed E-state index contributed by atoms with van der Waals surface area (Å²) in [5.41, 5.74) is 10.4. The molecular weight excluding hydrogens is 639 g/mol. The number of amides is 1. The summed E-state index contributed by atoms with van der Waals surface area (Å²) in [5, 5.41) is 11.4. The van der Waals surface area contributed by atoms with Crippen LogP contribution in [-0.4, -0.2) is 70.2 Å². The van der Waals surface area contributed by atoms with Gasteiger partial charge in [0.05, 0.1) is 26.0 Å². The number of rotatable bonds is 8. The Kier molecular flexibility index (Phi) is 11.0. The number of carbonyl (C=O) groups excluding carboxylic acids is 3. The minimum absolute atomic E-state index is 0.0359. The van der Waals surface area contributed by atoms with Crippen LogP contribution in [0.4, 0.5) is 18.9 Å². The van der Waals surface area contributed by atoms with Crippen LogP contribution in [0, 0.1) is 5.41 Å². The summed E-state index contributed by atoms with van der Waals surface area (Å²) in [6.07, 6.45) is -3.93. The number of halogens is 3. The lowest BCUT2D eigenvalue weighted by molar-refractivity contribution is -0.201. The van der Waals surface area contributed by atoms with E-state index in [2.05, 4.69) is 31.2 Å². The topological polar surface area (TPSA) is 161 Å². The van der Waals surface area contributed by atoms with Gasteiger partial charge in [0.15, 0.2) is 9.84 Å². The fourth-order valence-electron chi connectivity index (χ4n) is 4.38. The van der Waals surface area contributed by atoms with Crippen LogP contribution >= 0.6 is 0 Å². The summed E-state index contributed by atoms with van der Waals surface area (Å²) in [6.45, 7) is 1.42. The molecule has 3 aromatic carbocycles. The average molecular weight is 675 g/mol. The number of quaternary nitrogens is 1. The Hall–Kier alpha value is -5.02. The Morgan fingerprint density at radius 2 is 1.60 bits per heavy atom. The molecular formula is C32H35F3N5O6S+. The zero-order valence-electron chi connectivity index (χ0n) is 26.3. The Labute approximate surface area is 269 Å². The van der Waals surface area contributed by atoms with Gasteiger partial charge in [-0.2, -0.15) is 13.2 Å². The Balaban J connectivity index is 0.000000520. The number of hydrogen-bond donors (Lipinski definition) is 3. The molecule has 0 saturated carbocycles. The standard InChI is InChI=1S/C28H31N5O3S.C4H3F3O3/c1-33(2,3)23-10-8-19(9-11-23)17-31-28(34)26-16-22-15-24(37(4,35)36)12-13-25(22)32(26)18-20-6-5-7-21(14-20)27(29)30;1-2(8)10-3(9)4(5,6)7/h5-16H,17-18H2,1-4H3,(H3-,29,30,31,34);1H3/p+1. The molecule has 1 aromatic heterocycles. The van der Waals surface area contributed by atoms with E-state index in [1.54, 1.807) is 30.3 Å². The van der Waals surface area contributed by atoms with E-state index in [9.17, 15) is 36.0 Å². The average Bonchev–Trinajstić information content (AvgIpc) is 3.32. The minimum atomic E-state index is -5.09. The maximum Gasteiger partial charge on any atom is 0.491 e. The van der Waals surface area contributed by atoms with E-state index in [4.69, 9.17) is 11.1 Å². The van der Waals surface area contributed by atoms with Gasteiger partial charge in [0, 0.05) is 42.7 Å². The number of nitrogens with zero attached hydrogens (tertiary/aromatic N) is 2. The third kappa shape index (κ3) is 9.98. The second kappa shape index (κ2) is 14.2. The van der Waals surface area contributed by atoms with E-state index in [1.165, 1.54) is 0 Å². The van der Waals surface area contributed by atoms with E-state index < -0.39 is 28.0 Å². The van der Waals surface area contributed by atoms with Gasteiger partial charge in [-0.3, -0.25) is 19.5 Å². The van der Waals surface area contributed by atoms with Gasteiger partial charge in [-0.15, -0.1) is 0 Å². The largest absolute Gasteiger partial charge is 0.491 e. The molecule has 4 aromatic rings. The molecule has 0 saturated heterocycles. The molecule has 0 radical (unpaired) electrons. The number of fused-ring (bicyclic) bond motifs is 1. The second-order valence-electron chi connectivity index (χ2n) is 11.5. The van der Waals surface area contributed by atoms with Crippen LogP contribution in [0.15, 0.2) is 77.7 Å². The Morgan fingerprint density at radius 1 is 0.957 bits per heavy atom. The Morgan fingerprint density at radius 3 is 2.11 bits per heavy atom. The van der Waals surface area contributed by atoms with Crippen LogP contribution in [0.3, 0.4) is 0 Å². The van der Waals surface area contributed by atoms with Gasteiger partial charge in [0.2, 0.25) is 0 Å². The summed E-state index contributed by atoms with van der Waals surface area (Å²) in [5.74, 6) is -4.07. The molecule has 47 heavy (non-hydrogen) atoms. The number of ether oxygens (including phenoxy) is 1. The smallest absolute Gasteiger partial charge is 0.387 e. The molecule has 0 fully saturated rings. The van der Waals surface area contributed by atoms with Crippen molar-refractivity contribution in [2.24, 2.45) is 5.73 Å². The number of nitrogens with two attached hydrogens (primary N) is 1. The van der Waals surface area contributed by atoms with Crippen molar-refractivity contribution in [3.63, 3.8) is 0 Å². The molecule has 250 valence electrons. The SMILES string of the molecule is CC(=O)OC(=O)C(F)(F)F.C[N+](C)(C)c1ccc(CNC(=O)c2cc3cc(S(C)(=O)=O)ccc3n2Cc2cccc(C(=N)N)c2)cc1. The maximum atomic E-state index is 13.4. The van der Waals surface area contributed by atoms with Crippen molar-refractivity contribution in [1.29, 1.82) is 5.41 Å². The van der Waals surface area contributed by atoms with Crippen LogP contribution in [0.2, 0.25) is 0 Å². The quantitative estimate of drug-likeness (QED) is 0.0832. The van der Waals surface area contributed by atoms with Crippen LogP contribution in [-0.2, 0) is 37.3 Å². The zero-order valence-corrected chi connectivity index (χ0v) is 27.1. The van der Waals surface area contributed by atoms with Crippen molar-refractivity contribution in [3.05, 3.63) is 95.2 Å². The van der Waals surface area contributed by atoms with Gasteiger partial charge in [-0.1, -0.05) is 30.3 Å². The van der Waals surface area contributed by atoms with Gasteiger partial charge >= 0.3 is 18.1 Å². The summed E-state index contributed by atoms with van der Waals surface area (Å²) in [4.78, 5) is 33.0. The van der Waals surface area contributed by atoms with Crippen LogP contribution in [0.5, 0.6) is 0 Å². The molecule has 4 rings (SSSR count). The van der Waals surface area contributed by atoms with E-state index in [0.29, 0.717) is 41.1 Å². The second-order valence-corrected chi connectivity index (χ2v) is 13.5. The highest BCUT2D eigenvalue weighted by Gasteiger charge is 2.41. The fraction of sp³-hybridized carbons (Fsp3) is 0.250. The fourth-order valence-corrected chi connectivity index (χ4v) is 5.04. The minimum Gasteiger partial charge on any atom is -0.387 e. The van der Waals surface area contributed by atoms with Gasteiger partial charge in [-0.05, 0) is 53.6 Å². The zero-order chi connectivity index (χ0) is 35.3. The number of esters is 2. The normalized spacial score (nSPS) is 11.7. The monoisotopic (exact) mass is 674 g/mol. The molecule has 11 nitrogen and oxygen atoms in total. The number of hydrogen-bond acceptors (Lipinski definition) is 7. The van der Waals surface area contributed by atoms with Crippen LogP contribution in [0.1, 0.15) is 34.1 Å². The highest BCUT2D eigenvalue weighted by molar-refractivity contribution is 7.90. The molecule has 4 N–H and O–H groups in total. The third-order valence-corrected chi connectivity index (χ3v) is 7.85. The first-order valence-electron chi connectivity index (χ1n) is 13.9. The molecule has 0 spiro atoms. The lowest BCUT2D eigenvalue weighted by Crippen LogP contribution is -2.34. The van der Waals surface area contributed by atoms with Gasteiger partial charge in [-0.25, -0.2) is 13.2 Å². The predicted octanol–water partition coefficient (Wildman–Crippen LogP) is 4.14. The number of nitrogens with one attached hydrogen (secondary N) is 2. The highest BCUT2D eigenvalue weighted by Crippen LogP contribution is 2.25. The van der Waals surface area contributed by atoms with E-state index in [1.807, 2.05) is 47.0 Å². The maximum absolute atomic E-state index is 13.4. The van der Waals surface area contributed by atoms with Crippen LogP contribution in [0.25, 0.3) is 10.9 Å². The molecule has 0 unspecified atom stereocenters. The third-order valence-electron chi connectivity index (χ3n) is 6.74. The Bertz CT molecular complexity index is 1930. The highest BCUT2D eigenvalue weighted by atomic mass is 32.2. The van der Waals surface area contributed by atoms with E-state index in [-0.39, 0.29) is 16.6 Å². The first-order valence-corrected chi connectivity index (χ1v) is 15.8. The van der Waals surface area contributed by atoms with Crippen molar-refractivity contribution in [2.45, 2.75) is 31.1 Å². The molecule has 1 heterocycles. The number of alkyl halides is 3. The summed E-state index contributed by atoms with van der Waals surface area (Å²) in [6, 6.07) is 22.0. The van der Waals surface area contributed by atoms with Crippen molar-refractivity contribution >= 4 is 50.1 Å². The van der Waals surface area contributed by atoms with Gasteiger partial charge in [0.25, 0.3) is 5.91 Å². The molecule has 0 aliphatic heterocycles. The van der Waals surface area contributed by atoms with Gasteiger partial charge < -0.3 is 20.4 Å². The summed E-state index contributed by atoms with van der Waals surface area (Å²) >= 11 is 0. The molecule has 0 aliphatic carbocycles. The first kappa shape index (κ1) is 36.4. The number of sulfone groups is 1. The van der Waals surface area contributed by atoms with E-state index >= 15 is 0 Å². The number of carbonyl (C=O) groups is 3. The predicted molar refractivity (Wildman–Crippen MR) is 172 cm³/mol. The summed E-state index contributed by atoms with van der Waals surface area (Å²) in [7, 11) is 2.88. The number of amidine groups is 1. The van der Waals surface area contributed by atoms with Crippen molar-refractivity contribution in [2.75, 3.05) is 27.4 Å². The number of nitrogen functional groups attached to an aromatic ring is 1.